The number of aromatic amines is 1. The van der Waals surface area contributed by atoms with E-state index in [0.717, 1.165) is 37.7 Å². The zero-order chi connectivity index (χ0) is 20.3. The molecular formula is C21H20FN7O. The first-order valence-electron chi connectivity index (χ1n) is 9.68. The molecule has 2 aromatic carbocycles. The molecule has 1 aliphatic rings. The SMILES string of the molecule is Fc1ccc(Nc2nc(Nc3ccc(N4CCOCC4)cc3)nc3nc[nH]c23)cc1. The highest BCUT2D eigenvalue weighted by atomic mass is 19.1. The number of morpholine rings is 1. The molecule has 0 bridgehead atoms. The Morgan fingerprint density at radius 1 is 0.900 bits per heavy atom. The Morgan fingerprint density at radius 3 is 2.37 bits per heavy atom. The van der Waals surface area contributed by atoms with Gasteiger partial charge >= 0.3 is 0 Å². The zero-order valence-corrected chi connectivity index (χ0v) is 16.1. The van der Waals surface area contributed by atoms with Crippen LogP contribution in [0.25, 0.3) is 11.2 Å². The summed E-state index contributed by atoms with van der Waals surface area (Å²) >= 11 is 0. The third kappa shape index (κ3) is 3.87. The molecule has 3 N–H and O–H groups in total. The molecule has 1 fully saturated rings. The van der Waals surface area contributed by atoms with Crippen LogP contribution in [-0.2, 0) is 4.74 Å². The van der Waals surface area contributed by atoms with E-state index in [-0.39, 0.29) is 5.82 Å². The smallest absolute Gasteiger partial charge is 0.231 e. The van der Waals surface area contributed by atoms with Crippen LogP contribution < -0.4 is 15.5 Å². The number of ether oxygens (including phenoxy) is 1. The summed E-state index contributed by atoms with van der Waals surface area (Å²) in [6.45, 7) is 3.29. The Balaban J connectivity index is 1.38. The van der Waals surface area contributed by atoms with Crippen LogP contribution in [0.2, 0.25) is 0 Å². The van der Waals surface area contributed by atoms with Crippen molar-refractivity contribution in [2.45, 2.75) is 0 Å². The second-order valence-electron chi connectivity index (χ2n) is 6.90. The van der Waals surface area contributed by atoms with Gasteiger partial charge in [-0.15, -0.1) is 0 Å². The van der Waals surface area contributed by atoms with E-state index in [4.69, 9.17) is 4.74 Å². The second kappa shape index (κ2) is 7.96. The van der Waals surface area contributed by atoms with Crippen molar-refractivity contribution in [1.29, 1.82) is 0 Å². The minimum Gasteiger partial charge on any atom is -0.378 e. The predicted molar refractivity (Wildman–Crippen MR) is 114 cm³/mol. The van der Waals surface area contributed by atoms with E-state index < -0.39 is 0 Å². The molecule has 30 heavy (non-hydrogen) atoms. The summed E-state index contributed by atoms with van der Waals surface area (Å²) in [6, 6.07) is 14.2. The molecule has 0 spiro atoms. The van der Waals surface area contributed by atoms with Gasteiger partial charge in [-0.3, -0.25) is 0 Å². The van der Waals surface area contributed by atoms with E-state index in [1.165, 1.54) is 12.1 Å². The minimum atomic E-state index is -0.294. The van der Waals surface area contributed by atoms with Crippen LogP contribution in [0, 0.1) is 5.82 Å². The summed E-state index contributed by atoms with van der Waals surface area (Å²) in [4.78, 5) is 18.6. The second-order valence-corrected chi connectivity index (χ2v) is 6.90. The number of hydrogen-bond donors (Lipinski definition) is 3. The third-order valence-corrected chi connectivity index (χ3v) is 4.89. The van der Waals surface area contributed by atoms with E-state index in [2.05, 4.69) is 47.6 Å². The maximum Gasteiger partial charge on any atom is 0.231 e. The average molecular weight is 405 g/mol. The van der Waals surface area contributed by atoms with Crippen molar-refractivity contribution in [3.8, 4) is 0 Å². The maximum absolute atomic E-state index is 13.2. The normalized spacial score (nSPS) is 14.1. The summed E-state index contributed by atoms with van der Waals surface area (Å²) in [7, 11) is 0. The lowest BCUT2D eigenvalue weighted by Crippen LogP contribution is -2.36. The van der Waals surface area contributed by atoms with Crippen LogP contribution in [0.4, 0.5) is 33.2 Å². The van der Waals surface area contributed by atoms with Gasteiger partial charge in [0.1, 0.15) is 11.3 Å². The van der Waals surface area contributed by atoms with Crippen LogP contribution in [0.3, 0.4) is 0 Å². The Morgan fingerprint density at radius 2 is 1.60 bits per heavy atom. The van der Waals surface area contributed by atoms with Crippen molar-refractivity contribution in [1.82, 2.24) is 19.9 Å². The molecule has 9 heteroatoms. The molecule has 1 saturated heterocycles. The number of hydrogen-bond acceptors (Lipinski definition) is 7. The fourth-order valence-electron chi connectivity index (χ4n) is 3.36. The largest absolute Gasteiger partial charge is 0.378 e. The van der Waals surface area contributed by atoms with Gasteiger partial charge < -0.3 is 25.3 Å². The van der Waals surface area contributed by atoms with Gasteiger partial charge in [0.15, 0.2) is 11.5 Å². The number of benzene rings is 2. The Kier molecular flexibility index (Phi) is 4.86. The molecule has 8 nitrogen and oxygen atoms in total. The maximum atomic E-state index is 13.2. The standard InChI is InChI=1S/C21H20FN7O/c22-14-1-3-15(4-2-14)25-20-18-19(24-13-23-18)27-21(28-20)26-16-5-7-17(8-6-16)29-9-11-30-12-10-29/h1-8,13H,9-12H2,(H3,23,24,25,26,27,28). The number of H-pyrrole nitrogens is 1. The highest BCUT2D eigenvalue weighted by Crippen LogP contribution is 2.25. The lowest BCUT2D eigenvalue weighted by molar-refractivity contribution is 0.122. The molecule has 1 aliphatic heterocycles. The van der Waals surface area contributed by atoms with E-state index in [1.807, 2.05) is 12.1 Å². The number of rotatable bonds is 5. The van der Waals surface area contributed by atoms with Gasteiger partial charge in [0.25, 0.3) is 0 Å². The third-order valence-electron chi connectivity index (χ3n) is 4.89. The van der Waals surface area contributed by atoms with Gasteiger partial charge in [-0.1, -0.05) is 0 Å². The van der Waals surface area contributed by atoms with Crippen LogP contribution in [0.1, 0.15) is 0 Å². The van der Waals surface area contributed by atoms with Crippen LogP contribution >= 0.6 is 0 Å². The van der Waals surface area contributed by atoms with E-state index in [1.54, 1.807) is 18.5 Å². The molecule has 4 aromatic rings. The van der Waals surface area contributed by atoms with Crippen LogP contribution in [0.5, 0.6) is 0 Å². The fourth-order valence-corrected chi connectivity index (χ4v) is 3.36. The molecular weight excluding hydrogens is 385 g/mol. The van der Waals surface area contributed by atoms with Crippen molar-refractivity contribution in [2.75, 3.05) is 41.8 Å². The molecule has 0 radical (unpaired) electrons. The van der Waals surface area contributed by atoms with Crippen molar-refractivity contribution >= 4 is 40.0 Å². The van der Waals surface area contributed by atoms with E-state index in [9.17, 15) is 4.39 Å². The highest BCUT2D eigenvalue weighted by molar-refractivity contribution is 5.86. The summed E-state index contributed by atoms with van der Waals surface area (Å²) in [6.07, 6.45) is 1.57. The summed E-state index contributed by atoms with van der Waals surface area (Å²) < 4.78 is 18.6. The number of anilines is 5. The zero-order valence-electron chi connectivity index (χ0n) is 16.1. The van der Waals surface area contributed by atoms with Crippen molar-refractivity contribution < 1.29 is 9.13 Å². The molecule has 2 aromatic heterocycles. The van der Waals surface area contributed by atoms with Crippen molar-refractivity contribution in [3.05, 3.63) is 60.7 Å². The number of aromatic nitrogens is 4. The lowest BCUT2D eigenvalue weighted by Gasteiger charge is -2.28. The average Bonchev–Trinajstić information content (AvgIpc) is 3.25. The van der Waals surface area contributed by atoms with E-state index >= 15 is 0 Å². The first kappa shape index (κ1) is 18.3. The quantitative estimate of drug-likeness (QED) is 0.465. The van der Waals surface area contributed by atoms with Crippen LogP contribution in [-0.4, -0.2) is 46.2 Å². The molecule has 0 aliphatic carbocycles. The molecule has 5 rings (SSSR count). The molecule has 0 saturated carbocycles. The lowest BCUT2D eigenvalue weighted by atomic mass is 10.2. The van der Waals surface area contributed by atoms with Gasteiger partial charge in [0.05, 0.1) is 19.5 Å². The first-order valence-corrected chi connectivity index (χ1v) is 9.68. The molecule has 152 valence electrons. The molecule has 0 amide bonds. The topological polar surface area (TPSA) is 91.0 Å². The summed E-state index contributed by atoms with van der Waals surface area (Å²) in [5, 5.41) is 6.42. The van der Waals surface area contributed by atoms with Crippen molar-refractivity contribution in [2.24, 2.45) is 0 Å². The Labute approximate surface area is 172 Å². The number of nitrogens with zero attached hydrogens (tertiary/aromatic N) is 4. The Bertz CT molecular complexity index is 1140. The fraction of sp³-hybridized carbons (Fsp3) is 0.190. The minimum absolute atomic E-state index is 0.294. The summed E-state index contributed by atoms with van der Waals surface area (Å²) in [5.74, 6) is 0.674. The number of imidazole rings is 1. The summed E-state index contributed by atoms with van der Waals surface area (Å²) in [5.41, 5.74) is 3.95. The van der Waals surface area contributed by atoms with Gasteiger partial charge in [-0.25, -0.2) is 9.37 Å². The monoisotopic (exact) mass is 405 g/mol. The predicted octanol–water partition coefficient (Wildman–Crippen LogP) is 3.82. The highest BCUT2D eigenvalue weighted by Gasteiger charge is 2.13. The molecule has 0 unspecified atom stereocenters. The Hall–Kier alpha value is -3.72. The number of fused-ring (bicyclic) bond motifs is 1. The van der Waals surface area contributed by atoms with Crippen LogP contribution in [0.15, 0.2) is 54.9 Å². The van der Waals surface area contributed by atoms with Gasteiger partial charge in [-0.2, -0.15) is 9.97 Å². The molecule has 3 heterocycles. The van der Waals surface area contributed by atoms with Gasteiger partial charge in [0, 0.05) is 30.2 Å². The van der Waals surface area contributed by atoms with Gasteiger partial charge in [-0.05, 0) is 48.5 Å². The number of nitrogens with one attached hydrogen (secondary N) is 3. The first-order chi connectivity index (χ1) is 14.7. The van der Waals surface area contributed by atoms with Gasteiger partial charge in [0.2, 0.25) is 5.95 Å². The van der Waals surface area contributed by atoms with Crippen molar-refractivity contribution in [3.63, 3.8) is 0 Å². The van der Waals surface area contributed by atoms with E-state index in [0.29, 0.717) is 28.6 Å². The number of halogens is 1. The molecule has 0 atom stereocenters.